The molecule has 258 valence electrons. The number of nitrogens with zero attached hydrogens (tertiary/aromatic N) is 1. The zero-order chi connectivity index (χ0) is 36.3. The Labute approximate surface area is 323 Å². The van der Waals surface area contributed by atoms with Crippen molar-refractivity contribution in [3.05, 3.63) is 200 Å². The van der Waals surface area contributed by atoms with Crippen molar-refractivity contribution in [1.82, 2.24) is 4.57 Å². The molecule has 0 unspecified atom stereocenters. The Bertz CT molecular complexity index is 3240. The molecule has 0 bridgehead atoms. The molecular weight excluding hydrogens is 685 g/mol. The highest BCUT2D eigenvalue weighted by molar-refractivity contribution is 7.25. The summed E-state index contributed by atoms with van der Waals surface area (Å²) < 4.78 is 5.03. The van der Waals surface area contributed by atoms with Gasteiger partial charge in [0.15, 0.2) is 0 Å². The second-order valence-corrected chi connectivity index (χ2v) is 15.3. The van der Waals surface area contributed by atoms with E-state index in [0.717, 1.165) is 17.1 Å². The zero-order valence-corrected chi connectivity index (χ0v) is 30.7. The molecule has 2 nitrogen and oxygen atoms in total. The standard InChI is InChI=1S/C52H34N2S/c1-2-12-34(13-3-1)36-16-10-17-40(30-36)54-49-22-8-6-19-42(49)45-32-38(25-28-50(45)54)37-24-27-48(53-47-21-11-15-35-14-4-5-18-41(35)47)44(31-37)39-26-29-52-46(33-39)43-20-7-9-23-51(43)55-52/h1-33,53H. The Kier molecular flexibility index (Phi) is 7.39. The Hall–Kier alpha value is -6.94. The summed E-state index contributed by atoms with van der Waals surface area (Å²) in [4.78, 5) is 0. The van der Waals surface area contributed by atoms with Gasteiger partial charge in [0.05, 0.1) is 11.0 Å². The third-order valence-corrected chi connectivity index (χ3v) is 12.1. The lowest BCUT2D eigenvalue weighted by molar-refractivity contribution is 1.18. The van der Waals surface area contributed by atoms with E-state index < -0.39 is 0 Å². The summed E-state index contributed by atoms with van der Waals surface area (Å²) in [7, 11) is 0. The highest BCUT2D eigenvalue weighted by Gasteiger charge is 2.16. The smallest absolute Gasteiger partial charge is 0.0541 e. The van der Waals surface area contributed by atoms with Crippen LogP contribution in [0.15, 0.2) is 200 Å². The van der Waals surface area contributed by atoms with Crippen LogP contribution in [-0.4, -0.2) is 4.57 Å². The number of hydrogen-bond acceptors (Lipinski definition) is 2. The van der Waals surface area contributed by atoms with E-state index >= 15 is 0 Å². The van der Waals surface area contributed by atoms with Gasteiger partial charge in [-0.2, -0.15) is 0 Å². The average Bonchev–Trinajstić information content (AvgIpc) is 3.79. The first-order valence-corrected chi connectivity index (χ1v) is 19.6. The molecule has 0 fully saturated rings. The lowest BCUT2D eigenvalue weighted by Gasteiger charge is -2.16. The van der Waals surface area contributed by atoms with Crippen LogP contribution < -0.4 is 5.32 Å². The predicted octanol–water partition coefficient (Wildman–Crippen LogP) is 15.0. The minimum atomic E-state index is 1.08. The maximum Gasteiger partial charge on any atom is 0.0541 e. The molecule has 1 N–H and O–H groups in total. The van der Waals surface area contributed by atoms with E-state index in [4.69, 9.17) is 0 Å². The number of hydrogen-bond donors (Lipinski definition) is 1. The van der Waals surface area contributed by atoms with Gasteiger partial charge in [0.1, 0.15) is 0 Å². The summed E-state index contributed by atoms with van der Waals surface area (Å²) in [6.45, 7) is 0. The third-order valence-electron chi connectivity index (χ3n) is 11.0. The Balaban J connectivity index is 1.08. The van der Waals surface area contributed by atoms with Crippen LogP contribution in [-0.2, 0) is 0 Å². The van der Waals surface area contributed by atoms with Crippen LogP contribution in [0.25, 0.3) is 91.8 Å². The molecule has 0 radical (unpaired) electrons. The molecule has 0 saturated carbocycles. The maximum absolute atomic E-state index is 3.86. The van der Waals surface area contributed by atoms with E-state index in [-0.39, 0.29) is 0 Å². The molecule has 3 heteroatoms. The first-order chi connectivity index (χ1) is 27.2. The summed E-state index contributed by atoms with van der Waals surface area (Å²) in [5, 5.41) is 11.4. The van der Waals surface area contributed by atoms with Gasteiger partial charge >= 0.3 is 0 Å². The summed E-state index contributed by atoms with van der Waals surface area (Å²) in [6, 6.07) is 72.9. The van der Waals surface area contributed by atoms with Crippen LogP contribution >= 0.6 is 11.3 Å². The van der Waals surface area contributed by atoms with Crippen molar-refractivity contribution in [3.8, 4) is 39.1 Å². The van der Waals surface area contributed by atoms with E-state index in [1.54, 1.807) is 0 Å². The lowest BCUT2D eigenvalue weighted by atomic mass is 9.95. The Morgan fingerprint density at radius 1 is 0.345 bits per heavy atom. The van der Waals surface area contributed by atoms with Crippen LogP contribution in [0.4, 0.5) is 11.4 Å². The van der Waals surface area contributed by atoms with Crippen molar-refractivity contribution in [2.75, 3.05) is 5.32 Å². The molecule has 11 aromatic rings. The topological polar surface area (TPSA) is 17.0 Å². The van der Waals surface area contributed by atoms with Crippen LogP contribution in [0.2, 0.25) is 0 Å². The first-order valence-electron chi connectivity index (χ1n) is 18.8. The normalized spacial score (nSPS) is 11.6. The third kappa shape index (κ3) is 5.40. The lowest BCUT2D eigenvalue weighted by Crippen LogP contribution is -1.96. The molecule has 11 rings (SSSR count). The predicted molar refractivity (Wildman–Crippen MR) is 237 cm³/mol. The molecule has 0 aliphatic carbocycles. The quantitative estimate of drug-likeness (QED) is 0.181. The van der Waals surface area contributed by atoms with Gasteiger partial charge in [-0.25, -0.2) is 0 Å². The number of anilines is 2. The van der Waals surface area contributed by atoms with Gasteiger partial charge in [-0.3, -0.25) is 0 Å². The van der Waals surface area contributed by atoms with Crippen molar-refractivity contribution in [1.29, 1.82) is 0 Å². The fourth-order valence-electron chi connectivity index (χ4n) is 8.33. The van der Waals surface area contributed by atoms with Crippen molar-refractivity contribution in [2.24, 2.45) is 0 Å². The van der Waals surface area contributed by atoms with Gasteiger partial charge in [-0.1, -0.05) is 133 Å². The van der Waals surface area contributed by atoms with E-state index in [0.29, 0.717) is 0 Å². The van der Waals surface area contributed by atoms with E-state index in [1.807, 2.05) is 11.3 Å². The molecule has 2 aromatic heterocycles. The van der Waals surface area contributed by atoms with Gasteiger partial charge in [0.2, 0.25) is 0 Å². The van der Waals surface area contributed by atoms with Gasteiger partial charge in [0.25, 0.3) is 0 Å². The van der Waals surface area contributed by atoms with E-state index in [9.17, 15) is 0 Å². The molecule has 0 aliphatic rings. The molecule has 9 aromatic carbocycles. The van der Waals surface area contributed by atoms with E-state index in [1.165, 1.54) is 86.1 Å². The summed E-state index contributed by atoms with van der Waals surface area (Å²) in [6.07, 6.45) is 0. The van der Waals surface area contributed by atoms with E-state index in [2.05, 4.69) is 210 Å². The highest BCUT2D eigenvalue weighted by atomic mass is 32.1. The molecule has 0 atom stereocenters. The number of para-hydroxylation sites is 1. The molecule has 2 heterocycles. The minimum absolute atomic E-state index is 1.08. The van der Waals surface area contributed by atoms with Crippen molar-refractivity contribution in [2.45, 2.75) is 0 Å². The molecule has 0 spiro atoms. The average molecular weight is 719 g/mol. The number of aromatic nitrogens is 1. The number of rotatable bonds is 6. The number of thiophene rings is 1. The van der Waals surface area contributed by atoms with Gasteiger partial charge in [0, 0.05) is 59.0 Å². The molecule has 0 saturated heterocycles. The summed E-state index contributed by atoms with van der Waals surface area (Å²) in [5.74, 6) is 0. The SMILES string of the molecule is c1ccc(-c2cccc(-n3c4ccccc4c4cc(-c5ccc(Nc6cccc7ccccc67)c(-c6ccc7sc8ccccc8c7c6)c5)ccc43)c2)cc1. The van der Waals surface area contributed by atoms with Crippen LogP contribution in [0.3, 0.4) is 0 Å². The first kappa shape index (κ1) is 31.6. The molecular formula is C52H34N2S. The fraction of sp³-hybridized carbons (Fsp3) is 0. The maximum atomic E-state index is 3.86. The summed E-state index contributed by atoms with van der Waals surface area (Å²) in [5.41, 5.74) is 12.9. The minimum Gasteiger partial charge on any atom is -0.355 e. The van der Waals surface area contributed by atoms with Crippen LogP contribution in [0.5, 0.6) is 0 Å². The summed E-state index contributed by atoms with van der Waals surface area (Å²) >= 11 is 1.86. The largest absolute Gasteiger partial charge is 0.355 e. The second kappa shape index (κ2) is 12.9. The monoisotopic (exact) mass is 718 g/mol. The second-order valence-electron chi connectivity index (χ2n) is 14.2. The number of fused-ring (bicyclic) bond motifs is 7. The molecule has 55 heavy (non-hydrogen) atoms. The Morgan fingerprint density at radius 2 is 0.982 bits per heavy atom. The zero-order valence-electron chi connectivity index (χ0n) is 29.9. The fourth-order valence-corrected chi connectivity index (χ4v) is 9.42. The number of nitrogens with one attached hydrogen (secondary N) is 1. The Morgan fingerprint density at radius 3 is 1.91 bits per heavy atom. The molecule has 0 amide bonds. The highest BCUT2D eigenvalue weighted by Crippen LogP contribution is 2.42. The van der Waals surface area contributed by atoms with Crippen molar-refractivity contribution < 1.29 is 0 Å². The number of benzene rings is 9. The molecule has 0 aliphatic heterocycles. The van der Waals surface area contributed by atoms with Crippen LogP contribution in [0.1, 0.15) is 0 Å². The van der Waals surface area contributed by atoms with Gasteiger partial charge < -0.3 is 9.88 Å². The van der Waals surface area contributed by atoms with Crippen LogP contribution in [0, 0.1) is 0 Å². The van der Waals surface area contributed by atoms with Crippen molar-refractivity contribution in [3.63, 3.8) is 0 Å². The van der Waals surface area contributed by atoms with Crippen molar-refractivity contribution >= 4 is 75.5 Å². The van der Waals surface area contributed by atoms with Gasteiger partial charge in [-0.05, 0) is 99.9 Å². The van der Waals surface area contributed by atoms with Gasteiger partial charge in [-0.15, -0.1) is 11.3 Å².